The molecule has 1 amide bonds. The van der Waals surface area contributed by atoms with E-state index in [1.54, 1.807) is 30.3 Å². The molecule has 23 heavy (non-hydrogen) atoms. The zero-order valence-electron chi connectivity index (χ0n) is 12.5. The molecule has 3 rings (SSSR count). The van der Waals surface area contributed by atoms with Gasteiger partial charge in [-0.25, -0.2) is 0 Å². The SMILES string of the molecule is CN(Cc1cc(Cl)cc(Cl)c1)C(=O)c1ccnc2ccccc12. The number of para-hydroxylation sites is 1. The van der Waals surface area contributed by atoms with Crippen molar-refractivity contribution < 1.29 is 4.79 Å². The molecule has 0 aliphatic rings. The lowest BCUT2D eigenvalue weighted by molar-refractivity contribution is 0.0787. The Morgan fingerprint density at radius 3 is 2.52 bits per heavy atom. The Hall–Kier alpha value is -2.10. The summed E-state index contributed by atoms with van der Waals surface area (Å²) in [6.45, 7) is 0.426. The minimum absolute atomic E-state index is 0.0697. The first-order valence-electron chi connectivity index (χ1n) is 7.09. The number of hydrogen-bond donors (Lipinski definition) is 0. The van der Waals surface area contributed by atoms with Crippen LogP contribution in [0.4, 0.5) is 0 Å². The smallest absolute Gasteiger partial charge is 0.254 e. The van der Waals surface area contributed by atoms with E-state index in [1.165, 1.54) is 0 Å². The average molecular weight is 345 g/mol. The first kappa shape index (κ1) is 15.8. The number of amides is 1. The minimum atomic E-state index is -0.0697. The molecule has 0 aliphatic carbocycles. The summed E-state index contributed by atoms with van der Waals surface area (Å²) in [5, 5.41) is 1.96. The summed E-state index contributed by atoms with van der Waals surface area (Å²) in [5.41, 5.74) is 2.32. The van der Waals surface area contributed by atoms with Gasteiger partial charge in [0.25, 0.3) is 5.91 Å². The zero-order chi connectivity index (χ0) is 16.4. The largest absolute Gasteiger partial charge is 0.337 e. The van der Waals surface area contributed by atoms with E-state index >= 15 is 0 Å². The molecule has 0 unspecified atom stereocenters. The van der Waals surface area contributed by atoms with Crippen molar-refractivity contribution >= 4 is 40.0 Å². The van der Waals surface area contributed by atoms with E-state index in [4.69, 9.17) is 23.2 Å². The molecule has 0 spiro atoms. The van der Waals surface area contributed by atoms with E-state index in [1.807, 2.05) is 36.4 Å². The van der Waals surface area contributed by atoms with Crippen molar-refractivity contribution in [3.8, 4) is 0 Å². The van der Waals surface area contributed by atoms with Crippen LogP contribution in [-0.2, 0) is 6.54 Å². The van der Waals surface area contributed by atoms with Gasteiger partial charge in [-0.15, -0.1) is 0 Å². The van der Waals surface area contributed by atoms with Crippen LogP contribution < -0.4 is 0 Å². The second-order valence-corrected chi connectivity index (χ2v) is 6.19. The van der Waals surface area contributed by atoms with Crippen molar-refractivity contribution in [2.45, 2.75) is 6.54 Å². The Kier molecular flexibility index (Phi) is 4.51. The average Bonchev–Trinajstić information content (AvgIpc) is 2.52. The Morgan fingerprint density at radius 2 is 1.78 bits per heavy atom. The maximum absolute atomic E-state index is 12.8. The lowest BCUT2D eigenvalue weighted by atomic mass is 10.1. The summed E-state index contributed by atoms with van der Waals surface area (Å²) in [7, 11) is 1.76. The Labute approximate surface area is 144 Å². The standard InChI is InChI=1S/C18H14Cl2N2O/c1-22(11-12-8-13(19)10-14(20)9-12)18(23)16-6-7-21-17-5-3-2-4-15(16)17/h2-10H,11H2,1H3. The van der Waals surface area contributed by atoms with Crippen LogP contribution in [0, 0.1) is 0 Å². The third kappa shape index (κ3) is 3.46. The van der Waals surface area contributed by atoms with Gasteiger partial charge in [0.05, 0.1) is 11.1 Å². The third-order valence-electron chi connectivity index (χ3n) is 3.57. The normalized spacial score (nSPS) is 10.7. The number of fused-ring (bicyclic) bond motifs is 1. The van der Waals surface area contributed by atoms with Crippen molar-refractivity contribution in [3.05, 3.63) is 75.9 Å². The van der Waals surface area contributed by atoms with Crippen molar-refractivity contribution in [2.75, 3.05) is 7.05 Å². The number of nitrogens with zero attached hydrogens (tertiary/aromatic N) is 2. The van der Waals surface area contributed by atoms with Gasteiger partial charge in [-0.2, -0.15) is 0 Å². The molecule has 5 heteroatoms. The van der Waals surface area contributed by atoms with Gasteiger partial charge < -0.3 is 4.90 Å². The van der Waals surface area contributed by atoms with Crippen LogP contribution in [0.5, 0.6) is 0 Å². The number of halogens is 2. The van der Waals surface area contributed by atoms with Gasteiger partial charge in [-0.1, -0.05) is 41.4 Å². The van der Waals surface area contributed by atoms with E-state index in [-0.39, 0.29) is 5.91 Å². The van der Waals surface area contributed by atoms with Crippen LogP contribution in [0.15, 0.2) is 54.7 Å². The van der Waals surface area contributed by atoms with E-state index in [0.717, 1.165) is 16.5 Å². The molecule has 2 aromatic carbocycles. The molecule has 0 atom stereocenters. The fourth-order valence-electron chi connectivity index (χ4n) is 2.54. The molecule has 1 aromatic heterocycles. The fourth-order valence-corrected chi connectivity index (χ4v) is 3.11. The van der Waals surface area contributed by atoms with Crippen molar-refractivity contribution in [3.63, 3.8) is 0 Å². The Morgan fingerprint density at radius 1 is 1.09 bits per heavy atom. The summed E-state index contributed by atoms with van der Waals surface area (Å²) in [4.78, 5) is 18.7. The van der Waals surface area contributed by atoms with E-state index in [2.05, 4.69) is 4.98 Å². The molecule has 0 saturated carbocycles. The van der Waals surface area contributed by atoms with Gasteiger partial charge in [0, 0.05) is 35.2 Å². The molecule has 0 radical (unpaired) electrons. The summed E-state index contributed by atoms with van der Waals surface area (Å²) < 4.78 is 0. The molecule has 0 saturated heterocycles. The second-order valence-electron chi connectivity index (χ2n) is 5.31. The van der Waals surface area contributed by atoms with Crippen molar-refractivity contribution in [1.29, 1.82) is 0 Å². The molecule has 0 fully saturated rings. The number of hydrogen-bond acceptors (Lipinski definition) is 2. The second kappa shape index (κ2) is 6.57. The van der Waals surface area contributed by atoms with E-state index in [9.17, 15) is 4.79 Å². The predicted octanol–water partition coefficient (Wildman–Crippen LogP) is 4.81. The number of pyridine rings is 1. The van der Waals surface area contributed by atoms with Gasteiger partial charge >= 0.3 is 0 Å². The zero-order valence-corrected chi connectivity index (χ0v) is 14.0. The van der Waals surface area contributed by atoms with Crippen LogP contribution >= 0.6 is 23.2 Å². The number of rotatable bonds is 3. The highest BCUT2D eigenvalue weighted by atomic mass is 35.5. The van der Waals surface area contributed by atoms with Gasteiger partial charge in [-0.3, -0.25) is 9.78 Å². The summed E-state index contributed by atoms with van der Waals surface area (Å²) in [6, 6.07) is 14.6. The molecule has 0 bridgehead atoms. The van der Waals surface area contributed by atoms with Gasteiger partial charge in [-0.05, 0) is 35.9 Å². The van der Waals surface area contributed by atoms with Crippen molar-refractivity contribution in [2.24, 2.45) is 0 Å². The molecule has 0 N–H and O–H groups in total. The van der Waals surface area contributed by atoms with Crippen LogP contribution in [0.25, 0.3) is 10.9 Å². The quantitative estimate of drug-likeness (QED) is 0.682. The highest BCUT2D eigenvalue weighted by molar-refractivity contribution is 6.34. The first-order chi connectivity index (χ1) is 11.0. The van der Waals surface area contributed by atoms with Gasteiger partial charge in [0.1, 0.15) is 0 Å². The summed E-state index contributed by atoms with van der Waals surface area (Å²) in [5.74, 6) is -0.0697. The van der Waals surface area contributed by atoms with Crippen LogP contribution in [-0.4, -0.2) is 22.8 Å². The minimum Gasteiger partial charge on any atom is -0.337 e. The third-order valence-corrected chi connectivity index (χ3v) is 4.00. The highest BCUT2D eigenvalue weighted by Crippen LogP contribution is 2.22. The maximum Gasteiger partial charge on any atom is 0.254 e. The topological polar surface area (TPSA) is 33.2 Å². The van der Waals surface area contributed by atoms with Crippen LogP contribution in [0.1, 0.15) is 15.9 Å². The Balaban J connectivity index is 1.89. The molecule has 1 heterocycles. The monoisotopic (exact) mass is 344 g/mol. The summed E-state index contributed by atoms with van der Waals surface area (Å²) >= 11 is 12.0. The number of aromatic nitrogens is 1. The van der Waals surface area contributed by atoms with E-state index in [0.29, 0.717) is 22.2 Å². The molecular formula is C18H14Cl2N2O. The molecular weight excluding hydrogens is 331 g/mol. The maximum atomic E-state index is 12.8. The lowest BCUT2D eigenvalue weighted by Crippen LogP contribution is -2.26. The lowest BCUT2D eigenvalue weighted by Gasteiger charge is -2.18. The predicted molar refractivity (Wildman–Crippen MR) is 94.0 cm³/mol. The number of carbonyl (C=O) groups excluding carboxylic acids is 1. The molecule has 0 aliphatic heterocycles. The van der Waals surface area contributed by atoms with Gasteiger partial charge in [0.2, 0.25) is 0 Å². The summed E-state index contributed by atoms with van der Waals surface area (Å²) in [6.07, 6.45) is 1.65. The fraction of sp³-hybridized carbons (Fsp3) is 0.111. The van der Waals surface area contributed by atoms with Crippen LogP contribution in [0.3, 0.4) is 0 Å². The van der Waals surface area contributed by atoms with E-state index < -0.39 is 0 Å². The Bertz CT molecular complexity index is 854. The number of benzene rings is 2. The van der Waals surface area contributed by atoms with Crippen LogP contribution in [0.2, 0.25) is 10.0 Å². The number of carbonyl (C=O) groups is 1. The molecule has 3 nitrogen and oxygen atoms in total. The van der Waals surface area contributed by atoms with Crippen molar-refractivity contribution in [1.82, 2.24) is 9.88 Å². The van der Waals surface area contributed by atoms with Gasteiger partial charge in [0.15, 0.2) is 0 Å². The highest BCUT2D eigenvalue weighted by Gasteiger charge is 2.15. The first-order valence-corrected chi connectivity index (χ1v) is 7.84. The molecule has 116 valence electrons. The molecule has 3 aromatic rings.